The molecule has 110 valence electrons. The molecule has 0 unspecified atom stereocenters. The van der Waals surface area contributed by atoms with Gasteiger partial charge in [0, 0.05) is 18.7 Å². The summed E-state index contributed by atoms with van der Waals surface area (Å²) in [5.74, 6) is -0.364. The minimum atomic E-state index is -1.04. The number of amides is 1. The molecule has 0 fully saturated rings. The van der Waals surface area contributed by atoms with E-state index in [0.29, 0.717) is 5.56 Å². The first-order chi connectivity index (χ1) is 9.32. The molecule has 1 aromatic rings. The molecule has 8 nitrogen and oxygen atoms in total. The zero-order chi connectivity index (χ0) is 15.3. The minimum Gasteiger partial charge on any atom is -0.387 e. The maximum atomic E-state index is 11.3. The van der Waals surface area contributed by atoms with Gasteiger partial charge in [0.1, 0.15) is 0 Å². The van der Waals surface area contributed by atoms with Gasteiger partial charge in [-0.3, -0.25) is 14.9 Å². The van der Waals surface area contributed by atoms with Crippen molar-refractivity contribution >= 4 is 11.6 Å². The Balaban J connectivity index is 2.62. The van der Waals surface area contributed by atoms with Gasteiger partial charge in [0.15, 0.2) is 0 Å². The number of nitrogens with two attached hydrogens (primary N) is 2. The number of aliphatic hydroxyl groups excluding tert-OH is 1. The minimum absolute atomic E-state index is 0.0541. The number of nitrogens with zero attached hydrogens (tertiary/aromatic N) is 1. The number of nitrogens with one attached hydrogen (secondary N) is 1. The Morgan fingerprint density at radius 3 is 2.40 bits per heavy atom. The molecule has 0 saturated carbocycles. The van der Waals surface area contributed by atoms with E-state index in [9.17, 15) is 20.0 Å². The van der Waals surface area contributed by atoms with Crippen LogP contribution in [0, 0.1) is 10.1 Å². The number of benzene rings is 1. The van der Waals surface area contributed by atoms with Crippen LogP contribution in [0.3, 0.4) is 0 Å². The summed E-state index contributed by atoms with van der Waals surface area (Å²) >= 11 is 0. The number of rotatable bonds is 6. The summed E-state index contributed by atoms with van der Waals surface area (Å²) in [7, 11) is 0. The van der Waals surface area contributed by atoms with E-state index in [-0.39, 0.29) is 18.1 Å². The molecule has 1 aromatic carbocycles. The van der Waals surface area contributed by atoms with Gasteiger partial charge in [-0.2, -0.15) is 0 Å². The number of carbonyl (C=O) groups is 1. The fourth-order valence-electron chi connectivity index (χ4n) is 1.53. The van der Waals surface area contributed by atoms with Gasteiger partial charge in [-0.15, -0.1) is 0 Å². The van der Waals surface area contributed by atoms with E-state index in [2.05, 4.69) is 5.32 Å². The number of carbonyl (C=O) groups excluding carboxylic acids is 1. The Morgan fingerprint density at radius 2 is 1.95 bits per heavy atom. The van der Waals surface area contributed by atoms with Gasteiger partial charge < -0.3 is 21.9 Å². The molecule has 0 aliphatic carbocycles. The third-order valence-electron chi connectivity index (χ3n) is 2.78. The van der Waals surface area contributed by atoms with Crippen LogP contribution in [0.1, 0.15) is 18.6 Å². The van der Waals surface area contributed by atoms with E-state index in [1.165, 1.54) is 31.2 Å². The summed E-state index contributed by atoms with van der Waals surface area (Å²) in [5.41, 5.74) is 11.5. The lowest BCUT2D eigenvalue weighted by atomic mass is 10.0. The highest BCUT2D eigenvalue weighted by Crippen LogP contribution is 2.19. The van der Waals surface area contributed by atoms with Crippen LogP contribution in [0.2, 0.25) is 0 Å². The second kappa shape index (κ2) is 6.94. The molecule has 0 bridgehead atoms. The maximum absolute atomic E-state index is 11.3. The molecule has 1 amide bonds. The van der Waals surface area contributed by atoms with Gasteiger partial charge in [-0.1, -0.05) is 0 Å². The lowest BCUT2D eigenvalue weighted by Crippen LogP contribution is -2.46. The second-order valence-electron chi connectivity index (χ2n) is 4.49. The topological polar surface area (TPSA) is 145 Å². The van der Waals surface area contributed by atoms with E-state index in [4.69, 9.17) is 11.5 Å². The number of aliphatic hydroxyl groups is 1. The molecule has 8 heteroatoms. The first-order valence-corrected chi connectivity index (χ1v) is 6.04. The molecule has 20 heavy (non-hydrogen) atoms. The SMILES string of the molecule is C[C@H](N)C(=O)NC[C@H](N)[C@@H](O)c1ccc([N+](=O)[O-])cc1. The van der Waals surface area contributed by atoms with Crippen molar-refractivity contribution in [1.29, 1.82) is 0 Å². The first kappa shape index (κ1) is 16.0. The molecular formula is C12H18N4O4. The van der Waals surface area contributed by atoms with Crippen molar-refractivity contribution in [2.24, 2.45) is 11.5 Å². The number of hydrogen-bond acceptors (Lipinski definition) is 6. The van der Waals surface area contributed by atoms with Gasteiger partial charge in [0.05, 0.1) is 23.1 Å². The van der Waals surface area contributed by atoms with E-state index >= 15 is 0 Å². The van der Waals surface area contributed by atoms with Crippen LogP contribution in [0.25, 0.3) is 0 Å². The second-order valence-corrected chi connectivity index (χ2v) is 4.49. The summed E-state index contributed by atoms with van der Waals surface area (Å²) in [6.45, 7) is 1.59. The maximum Gasteiger partial charge on any atom is 0.269 e. The fraction of sp³-hybridized carbons (Fsp3) is 0.417. The largest absolute Gasteiger partial charge is 0.387 e. The van der Waals surface area contributed by atoms with Crippen molar-refractivity contribution in [2.75, 3.05) is 6.54 Å². The van der Waals surface area contributed by atoms with Crippen molar-refractivity contribution in [3.63, 3.8) is 0 Å². The third kappa shape index (κ3) is 4.26. The average Bonchev–Trinajstić information content (AvgIpc) is 2.43. The zero-order valence-corrected chi connectivity index (χ0v) is 11.0. The molecule has 6 N–H and O–H groups in total. The molecule has 0 aliphatic rings. The Morgan fingerprint density at radius 1 is 1.40 bits per heavy atom. The molecule has 0 aliphatic heterocycles. The molecule has 1 rings (SSSR count). The van der Waals surface area contributed by atoms with E-state index in [0.717, 1.165) is 0 Å². The third-order valence-corrected chi connectivity index (χ3v) is 2.78. The molecule has 0 radical (unpaired) electrons. The van der Waals surface area contributed by atoms with Crippen LogP contribution in [-0.4, -0.2) is 34.6 Å². The van der Waals surface area contributed by atoms with Crippen LogP contribution in [0.4, 0.5) is 5.69 Å². The van der Waals surface area contributed by atoms with Crippen molar-refractivity contribution < 1.29 is 14.8 Å². The number of hydrogen-bond donors (Lipinski definition) is 4. The molecular weight excluding hydrogens is 264 g/mol. The highest BCUT2D eigenvalue weighted by atomic mass is 16.6. The van der Waals surface area contributed by atoms with Crippen LogP contribution >= 0.6 is 0 Å². The van der Waals surface area contributed by atoms with Crippen LogP contribution in [0.5, 0.6) is 0 Å². The van der Waals surface area contributed by atoms with Gasteiger partial charge in [-0.25, -0.2) is 0 Å². The standard InChI is InChI=1S/C12H18N4O4/c1-7(13)12(18)15-6-10(14)11(17)8-2-4-9(5-3-8)16(19)20/h2-5,7,10-11,17H,6,13-14H2,1H3,(H,15,18)/t7-,10-,11-/m0/s1. The lowest BCUT2D eigenvalue weighted by Gasteiger charge is -2.20. The number of nitro groups is 1. The van der Waals surface area contributed by atoms with Gasteiger partial charge >= 0.3 is 0 Å². The fourth-order valence-corrected chi connectivity index (χ4v) is 1.53. The predicted octanol–water partition coefficient (Wildman–Crippen LogP) is -0.581. The van der Waals surface area contributed by atoms with Crippen molar-refractivity contribution in [3.05, 3.63) is 39.9 Å². The van der Waals surface area contributed by atoms with Crippen molar-refractivity contribution in [1.82, 2.24) is 5.32 Å². The monoisotopic (exact) mass is 282 g/mol. The summed E-state index contributed by atoms with van der Waals surface area (Å²) < 4.78 is 0. The Hall–Kier alpha value is -2.03. The van der Waals surface area contributed by atoms with Gasteiger partial charge in [0.25, 0.3) is 5.69 Å². The summed E-state index contributed by atoms with van der Waals surface area (Å²) in [5, 5.41) is 23.0. The Bertz CT molecular complexity index is 475. The number of non-ortho nitro benzene ring substituents is 1. The summed E-state index contributed by atoms with van der Waals surface area (Å²) in [6, 6.07) is 4.03. The molecule has 0 heterocycles. The predicted molar refractivity (Wildman–Crippen MR) is 72.7 cm³/mol. The van der Waals surface area contributed by atoms with Crippen LogP contribution < -0.4 is 16.8 Å². The van der Waals surface area contributed by atoms with Gasteiger partial charge in [-0.05, 0) is 24.6 Å². The highest BCUT2D eigenvalue weighted by Gasteiger charge is 2.19. The molecule has 0 spiro atoms. The highest BCUT2D eigenvalue weighted by molar-refractivity contribution is 5.80. The van der Waals surface area contributed by atoms with Crippen LogP contribution in [0.15, 0.2) is 24.3 Å². The summed E-state index contributed by atoms with van der Waals surface area (Å²) in [6.07, 6.45) is -1.04. The lowest BCUT2D eigenvalue weighted by molar-refractivity contribution is -0.384. The van der Waals surface area contributed by atoms with E-state index < -0.39 is 23.1 Å². The Labute approximate surface area is 115 Å². The normalized spacial score (nSPS) is 15.2. The molecule has 0 saturated heterocycles. The first-order valence-electron chi connectivity index (χ1n) is 6.04. The molecule has 3 atom stereocenters. The van der Waals surface area contributed by atoms with Crippen molar-refractivity contribution in [2.45, 2.75) is 25.1 Å². The quantitative estimate of drug-likeness (QED) is 0.405. The smallest absolute Gasteiger partial charge is 0.269 e. The van der Waals surface area contributed by atoms with Crippen molar-refractivity contribution in [3.8, 4) is 0 Å². The van der Waals surface area contributed by atoms with Gasteiger partial charge in [0.2, 0.25) is 5.91 Å². The molecule has 0 aromatic heterocycles. The number of nitro benzene ring substituents is 1. The zero-order valence-electron chi connectivity index (χ0n) is 11.0. The van der Waals surface area contributed by atoms with Crippen LogP contribution in [-0.2, 0) is 4.79 Å². The van der Waals surface area contributed by atoms with E-state index in [1.807, 2.05) is 0 Å². The Kier molecular flexibility index (Phi) is 5.56. The van der Waals surface area contributed by atoms with E-state index in [1.54, 1.807) is 0 Å². The summed E-state index contributed by atoms with van der Waals surface area (Å²) in [4.78, 5) is 21.3. The average molecular weight is 282 g/mol.